The van der Waals surface area contributed by atoms with E-state index in [0.29, 0.717) is 19.4 Å². The van der Waals surface area contributed by atoms with Gasteiger partial charge in [-0.15, -0.1) is 11.3 Å². The molecule has 0 fully saturated rings. The molecule has 1 aliphatic rings. The van der Waals surface area contributed by atoms with E-state index in [1.165, 1.54) is 4.70 Å². The van der Waals surface area contributed by atoms with Crippen LogP contribution in [0, 0.1) is 5.92 Å². The van der Waals surface area contributed by atoms with Crippen molar-refractivity contribution in [2.24, 2.45) is 5.92 Å². The van der Waals surface area contributed by atoms with Gasteiger partial charge in [-0.25, -0.2) is 4.79 Å². The first-order valence-electron chi connectivity index (χ1n) is 8.46. The second-order valence-electron chi connectivity index (χ2n) is 6.02. The molecule has 3 rings (SSSR count). The third kappa shape index (κ3) is 3.71. The maximum absolute atomic E-state index is 11.5. The Morgan fingerprint density at radius 1 is 1.36 bits per heavy atom. The fourth-order valence-corrected chi connectivity index (χ4v) is 4.38. The molecule has 0 amide bonds. The Balaban J connectivity index is 2.06. The number of benzene rings is 1. The lowest BCUT2D eigenvalue weighted by atomic mass is 9.80. The van der Waals surface area contributed by atoms with Crippen molar-refractivity contribution < 1.29 is 24.5 Å². The lowest BCUT2D eigenvalue weighted by Gasteiger charge is -2.36. The fraction of sp³-hybridized carbons (Fsp3) is 0.421. The molecule has 25 heavy (non-hydrogen) atoms. The van der Waals surface area contributed by atoms with E-state index in [0.717, 1.165) is 10.9 Å². The first-order valence-corrected chi connectivity index (χ1v) is 9.34. The Labute approximate surface area is 150 Å². The predicted octanol–water partition coefficient (Wildman–Crippen LogP) is 3.73. The standard InChI is InChI=1S/C19H22O5S/c1-2-23-19-13(7-5-9-20)14(10-16(24-19)18(21)22)15-11-25-17-8-4-3-6-12(15)17/h3-4,6,8,10-11,13-14,19-20H,2,5,7,9H2,1H3,(H,21,22)/t13-,14-,19+/m0/s1. The number of carbonyl (C=O) groups is 1. The maximum Gasteiger partial charge on any atom is 0.370 e. The molecule has 6 heteroatoms. The number of ether oxygens (including phenoxy) is 2. The van der Waals surface area contributed by atoms with Gasteiger partial charge in [-0.2, -0.15) is 0 Å². The van der Waals surface area contributed by atoms with Crippen LogP contribution in [0.2, 0.25) is 0 Å². The molecular formula is C19H22O5S. The quantitative estimate of drug-likeness (QED) is 0.785. The van der Waals surface area contributed by atoms with E-state index >= 15 is 0 Å². The van der Waals surface area contributed by atoms with Gasteiger partial charge in [0.1, 0.15) is 0 Å². The highest BCUT2D eigenvalue weighted by molar-refractivity contribution is 7.17. The molecule has 0 saturated heterocycles. The van der Waals surface area contributed by atoms with Gasteiger partial charge in [-0.1, -0.05) is 18.2 Å². The monoisotopic (exact) mass is 362 g/mol. The number of thiophene rings is 1. The van der Waals surface area contributed by atoms with Crippen LogP contribution in [0.15, 0.2) is 41.5 Å². The van der Waals surface area contributed by atoms with Crippen molar-refractivity contribution in [1.82, 2.24) is 0 Å². The molecule has 0 radical (unpaired) electrons. The summed E-state index contributed by atoms with van der Waals surface area (Å²) in [6.07, 6.45) is 2.37. The smallest absolute Gasteiger partial charge is 0.370 e. The maximum atomic E-state index is 11.5. The van der Waals surface area contributed by atoms with Crippen LogP contribution in [0.5, 0.6) is 0 Å². The van der Waals surface area contributed by atoms with Crippen molar-refractivity contribution in [3.63, 3.8) is 0 Å². The van der Waals surface area contributed by atoms with Crippen LogP contribution >= 0.6 is 11.3 Å². The number of aliphatic hydroxyl groups excluding tert-OH is 1. The predicted molar refractivity (Wildman–Crippen MR) is 96.6 cm³/mol. The van der Waals surface area contributed by atoms with Gasteiger partial charge in [0.2, 0.25) is 12.0 Å². The van der Waals surface area contributed by atoms with Gasteiger partial charge >= 0.3 is 5.97 Å². The molecule has 0 aliphatic carbocycles. The van der Waals surface area contributed by atoms with E-state index in [9.17, 15) is 15.0 Å². The van der Waals surface area contributed by atoms with E-state index in [4.69, 9.17) is 9.47 Å². The number of carboxylic acid groups (broad SMARTS) is 1. The second-order valence-corrected chi connectivity index (χ2v) is 6.93. The molecule has 0 saturated carbocycles. The van der Waals surface area contributed by atoms with Crippen LogP contribution in [-0.4, -0.2) is 35.7 Å². The molecule has 1 aliphatic heterocycles. The Hall–Kier alpha value is -1.89. The van der Waals surface area contributed by atoms with Gasteiger partial charge in [0.25, 0.3) is 0 Å². The average Bonchev–Trinajstić information content (AvgIpc) is 3.04. The Kier molecular flexibility index (Phi) is 5.73. The largest absolute Gasteiger partial charge is 0.475 e. The topological polar surface area (TPSA) is 76.0 Å². The van der Waals surface area contributed by atoms with Crippen molar-refractivity contribution in [2.45, 2.75) is 32.0 Å². The molecular weight excluding hydrogens is 340 g/mol. The molecule has 2 heterocycles. The summed E-state index contributed by atoms with van der Waals surface area (Å²) in [5.74, 6) is -1.33. The molecule has 0 spiro atoms. The van der Waals surface area contributed by atoms with Gasteiger partial charge in [-0.05, 0) is 48.2 Å². The first kappa shape index (κ1) is 17.9. The molecule has 0 unspecified atom stereocenters. The highest BCUT2D eigenvalue weighted by atomic mass is 32.1. The summed E-state index contributed by atoms with van der Waals surface area (Å²) in [4.78, 5) is 11.5. The average molecular weight is 362 g/mol. The van der Waals surface area contributed by atoms with E-state index in [1.54, 1.807) is 17.4 Å². The summed E-state index contributed by atoms with van der Waals surface area (Å²) in [6.45, 7) is 2.38. The number of fused-ring (bicyclic) bond motifs is 1. The summed E-state index contributed by atoms with van der Waals surface area (Å²) in [6, 6.07) is 8.11. The molecule has 3 atom stereocenters. The zero-order valence-corrected chi connectivity index (χ0v) is 14.9. The number of hydrogen-bond acceptors (Lipinski definition) is 5. The van der Waals surface area contributed by atoms with Gasteiger partial charge in [0.15, 0.2) is 0 Å². The number of allylic oxidation sites excluding steroid dienone is 1. The summed E-state index contributed by atoms with van der Waals surface area (Å²) < 4.78 is 12.5. The first-order chi connectivity index (χ1) is 12.2. The molecule has 1 aromatic carbocycles. The number of hydrogen-bond donors (Lipinski definition) is 2. The summed E-state index contributed by atoms with van der Waals surface area (Å²) >= 11 is 1.65. The zero-order chi connectivity index (χ0) is 17.8. The van der Waals surface area contributed by atoms with E-state index in [1.807, 2.05) is 19.1 Å². The molecule has 0 bridgehead atoms. The number of carboxylic acids is 1. The lowest BCUT2D eigenvalue weighted by Crippen LogP contribution is -2.36. The van der Waals surface area contributed by atoms with Crippen LogP contribution in [-0.2, 0) is 14.3 Å². The number of aliphatic hydroxyl groups is 1. The molecule has 5 nitrogen and oxygen atoms in total. The van der Waals surface area contributed by atoms with Gasteiger partial charge in [0, 0.05) is 29.7 Å². The zero-order valence-electron chi connectivity index (χ0n) is 14.1. The van der Waals surface area contributed by atoms with E-state index in [2.05, 4.69) is 17.5 Å². The van der Waals surface area contributed by atoms with Crippen LogP contribution in [0.1, 0.15) is 31.2 Å². The molecule has 1 aromatic heterocycles. The summed E-state index contributed by atoms with van der Waals surface area (Å²) in [5, 5.41) is 21.9. The minimum atomic E-state index is -1.09. The number of rotatable bonds is 7. The van der Waals surface area contributed by atoms with Gasteiger partial charge < -0.3 is 19.7 Å². The van der Waals surface area contributed by atoms with Crippen LogP contribution < -0.4 is 0 Å². The van der Waals surface area contributed by atoms with Gasteiger partial charge in [0.05, 0.1) is 0 Å². The fourth-order valence-electron chi connectivity index (χ4n) is 3.37. The molecule has 2 N–H and O–H groups in total. The Bertz CT molecular complexity index is 766. The highest BCUT2D eigenvalue weighted by Gasteiger charge is 2.38. The van der Waals surface area contributed by atoms with Crippen LogP contribution in [0.3, 0.4) is 0 Å². The SMILES string of the molecule is CCO[C@@H]1OC(C(=O)O)=C[C@H](c2csc3ccccc23)[C@@H]1CCCO. The van der Waals surface area contributed by atoms with E-state index < -0.39 is 12.3 Å². The van der Waals surface area contributed by atoms with Crippen molar-refractivity contribution >= 4 is 27.4 Å². The highest BCUT2D eigenvalue weighted by Crippen LogP contribution is 2.43. The third-order valence-electron chi connectivity index (χ3n) is 4.49. The Morgan fingerprint density at radius 3 is 2.88 bits per heavy atom. The third-order valence-corrected chi connectivity index (χ3v) is 5.47. The van der Waals surface area contributed by atoms with E-state index in [-0.39, 0.29) is 24.2 Å². The minimum Gasteiger partial charge on any atom is -0.475 e. The summed E-state index contributed by atoms with van der Waals surface area (Å²) in [5.41, 5.74) is 1.09. The van der Waals surface area contributed by atoms with Crippen LogP contribution in [0.4, 0.5) is 0 Å². The minimum absolute atomic E-state index is 0.0480. The number of aliphatic carboxylic acids is 1. The Morgan fingerprint density at radius 2 is 2.16 bits per heavy atom. The molecule has 2 aromatic rings. The normalized spacial score (nSPS) is 23.3. The van der Waals surface area contributed by atoms with Crippen LogP contribution in [0.25, 0.3) is 10.1 Å². The summed E-state index contributed by atoms with van der Waals surface area (Å²) in [7, 11) is 0. The van der Waals surface area contributed by atoms with Crippen molar-refractivity contribution in [2.75, 3.05) is 13.2 Å². The lowest BCUT2D eigenvalue weighted by molar-refractivity contribution is -0.173. The van der Waals surface area contributed by atoms with Crippen molar-refractivity contribution in [1.29, 1.82) is 0 Å². The second kappa shape index (κ2) is 7.99. The van der Waals surface area contributed by atoms with Crippen molar-refractivity contribution in [3.05, 3.63) is 47.0 Å². The molecule has 134 valence electrons. The van der Waals surface area contributed by atoms with Gasteiger partial charge in [-0.3, -0.25) is 0 Å². The van der Waals surface area contributed by atoms with Crippen molar-refractivity contribution in [3.8, 4) is 0 Å².